The Morgan fingerprint density at radius 2 is 2.20 bits per heavy atom. The Kier molecular flexibility index (Phi) is 5.18. The minimum absolute atomic E-state index is 0.332. The van der Waals surface area contributed by atoms with Crippen molar-refractivity contribution in [2.75, 3.05) is 13.6 Å². The predicted molar refractivity (Wildman–Crippen MR) is 65.0 cm³/mol. The summed E-state index contributed by atoms with van der Waals surface area (Å²) in [5, 5.41) is 3.17. The summed E-state index contributed by atoms with van der Waals surface area (Å²) >= 11 is 0.332. The summed E-state index contributed by atoms with van der Waals surface area (Å²) in [6.45, 7) is 2.82. The first-order valence-electron chi connectivity index (χ1n) is 4.86. The van der Waals surface area contributed by atoms with Crippen LogP contribution < -0.4 is 5.32 Å². The van der Waals surface area contributed by atoms with Gasteiger partial charge in [0, 0.05) is 31.3 Å². The molecule has 0 saturated carbocycles. The van der Waals surface area contributed by atoms with Crippen LogP contribution in [0.4, 0.5) is 3.89 Å². The Morgan fingerprint density at radius 3 is 2.80 bits per heavy atom. The first-order valence-corrected chi connectivity index (χ1v) is 5.74. The van der Waals surface area contributed by atoms with Crippen LogP contribution in [0.1, 0.15) is 18.1 Å². The molecule has 0 aliphatic rings. The quantitative estimate of drug-likeness (QED) is 0.630. The van der Waals surface area contributed by atoms with Crippen molar-refractivity contribution in [3.63, 3.8) is 0 Å². The van der Waals surface area contributed by atoms with Gasteiger partial charge in [0.15, 0.2) is 0 Å². The van der Waals surface area contributed by atoms with Crippen LogP contribution in [-0.4, -0.2) is 19.4 Å². The minimum atomic E-state index is 0.332. The zero-order valence-electron chi connectivity index (χ0n) is 8.96. The van der Waals surface area contributed by atoms with Crippen LogP contribution in [-0.2, 0) is 5.75 Å². The molecule has 0 saturated heterocycles. The number of halogens is 1. The average molecular weight is 226 g/mol. The summed E-state index contributed by atoms with van der Waals surface area (Å²) in [5.74, 6) is 1.18. The second-order valence-electron chi connectivity index (χ2n) is 3.01. The van der Waals surface area contributed by atoms with E-state index < -0.39 is 0 Å². The standard InChI is InChI=1S/C11H15FN2S/c1-3-14-11(13-2)10-7-5-4-6-9(10)8-15-12/h4-7H,3,8H2,1-2H3,(H,13,14). The van der Waals surface area contributed by atoms with Crippen LogP contribution in [0.2, 0.25) is 0 Å². The van der Waals surface area contributed by atoms with Gasteiger partial charge in [0.1, 0.15) is 5.84 Å². The van der Waals surface area contributed by atoms with Gasteiger partial charge in [-0.25, -0.2) is 0 Å². The van der Waals surface area contributed by atoms with E-state index in [4.69, 9.17) is 0 Å². The molecule has 0 aliphatic carbocycles. The molecule has 0 unspecified atom stereocenters. The molecule has 0 atom stereocenters. The van der Waals surface area contributed by atoms with Gasteiger partial charge < -0.3 is 5.32 Å². The molecule has 0 spiro atoms. The SMILES string of the molecule is CCNC(=NC)c1ccccc1CSF. The minimum Gasteiger partial charge on any atom is -0.370 e. The van der Waals surface area contributed by atoms with Crippen LogP contribution in [0, 0.1) is 0 Å². The van der Waals surface area contributed by atoms with Gasteiger partial charge in [-0.05, 0) is 12.5 Å². The topological polar surface area (TPSA) is 24.4 Å². The number of amidine groups is 1. The molecular weight excluding hydrogens is 211 g/mol. The molecule has 2 nitrogen and oxygen atoms in total. The molecule has 0 bridgehead atoms. The number of nitrogens with zero attached hydrogens (tertiary/aromatic N) is 1. The first kappa shape index (κ1) is 12.0. The lowest BCUT2D eigenvalue weighted by molar-refractivity contribution is 0.931. The van der Waals surface area contributed by atoms with E-state index in [1.807, 2.05) is 31.2 Å². The van der Waals surface area contributed by atoms with Crippen molar-refractivity contribution in [2.24, 2.45) is 4.99 Å². The van der Waals surface area contributed by atoms with Gasteiger partial charge in [-0.3, -0.25) is 4.99 Å². The smallest absolute Gasteiger partial charge is 0.128 e. The molecule has 0 amide bonds. The van der Waals surface area contributed by atoms with Crippen LogP contribution >= 0.6 is 12.1 Å². The molecule has 15 heavy (non-hydrogen) atoms. The van der Waals surface area contributed by atoms with E-state index in [0.29, 0.717) is 17.9 Å². The lowest BCUT2D eigenvalue weighted by Gasteiger charge is -2.11. The van der Waals surface area contributed by atoms with Crippen molar-refractivity contribution in [1.29, 1.82) is 0 Å². The van der Waals surface area contributed by atoms with Crippen molar-refractivity contribution >= 4 is 18.0 Å². The van der Waals surface area contributed by atoms with E-state index in [-0.39, 0.29) is 0 Å². The van der Waals surface area contributed by atoms with Crippen LogP contribution in [0.25, 0.3) is 0 Å². The number of hydrogen-bond acceptors (Lipinski definition) is 2. The predicted octanol–water partition coefficient (Wildman–Crippen LogP) is 2.79. The monoisotopic (exact) mass is 226 g/mol. The normalized spacial score (nSPS) is 11.5. The molecular formula is C11H15FN2S. The highest BCUT2D eigenvalue weighted by atomic mass is 32.2. The summed E-state index contributed by atoms with van der Waals surface area (Å²) < 4.78 is 12.3. The number of benzene rings is 1. The summed E-state index contributed by atoms with van der Waals surface area (Å²) in [4.78, 5) is 4.16. The van der Waals surface area contributed by atoms with E-state index >= 15 is 0 Å². The van der Waals surface area contributed by atoms with E-state index in [0.717, 1.165) is 23.5 Å². The van der Waals surface area contributed by atoms with Gasteiger partial charge in [-0.1, -0.05) is 24.3 Å². The Morgan fingerprint density at radius 1 is 1.47 bits per heavy atom. The highest BCUT2D eigenvalue weighted by Crippen LogP contribution is 2.17. The maximum Gasteiger partial charge on any atom is 0.128 e. The fourth-order valence-electron chi connectivity index (χ4n) is 1.40. The number of hydrogen-bond donors (Lipinski definition) is 1. The number of aliphatic imine (C=N–C) groups is 1. The van der Waals surface area contributed by atoms with E-state index in [9.17, 15) is 3.89 Å². The van der Waals surface area contributed by atoms with Gasteiger partial charge in [-0.15, -0.1) is 0 Å². The molecule has 1 aromatic carbocycles. The molecule has 0 aliphatic heterocycles. The molecule has 0 fully saturated rings. The second kappa shape index (κ2) is 6.45. The van der Waals surface area contributed by atoms with Gasteiger partial charge >= 0.3 is 0 Å². The zero-order chi connectivity index (χ0) is 11.1. The Balaban J connectivity index is 3.00. The van der Waals surface area contributed by atoms with Crippen LogP contribution in [0.15, 0.2) is 29.3 Å². The average Bonchev–Trinajstić information content (AvgIpc) is 2.27. The van der Waals surface area contributed by atoms with Crippen molar-refractivity contribution in [2.45, 2.75) is 12.7 Å². The second-order valence-corrected chi connectivity index (χ2v) is 3.52. The van der Waals surface area contributed by atoms with Crippen molar-refractivity contribution in [3.05, 3.63) is 35.4 Å². The Bertz CT molecular complexity index is 339. The van der Waals surface area contributed by atoms with E-state index in [1.54, 1.807) is 7.05 Å². The maximum absolute atomic E-state index is 12.3. The van der Waals surface area contributed by atoms with Gasteiger partial charge in [0.2, 0.25) is 0 Å². The van der Waals surface area contributed by atoms with E-state index in [1.165, 1.54) is 0 Å². The number of rotatable bonds is 4. The third-order valence-corrected chi connectivity index (χ3v) is 2.47. The zero-order valence-corrected chi connectivity index (χ0v) is 9.77. The Labute approximate surface area is 94.3 Å². The van der Waals surface area contributed by atoms with Gasteiger partial charge in [-0.2, -0.15) is 3.89 Å². The summed E-state index contributed by atoms with van der Waals surface area (Å²) in [5.41, 5.74) is 1.94. The van der Waals surface area contributed by atoms with Crippen LogP contribution in [0.3, 0.4) is 0 Å². The van der Waals surface area contributed by atoms with E-state index in [2.05, 4.69) is 10.3 Å². The summed E-state index contributed by atoms with van der Waals surface area (Å²) in [6.07, 6.45) is 0. The highest BCUT2D eigenvalue weighted by molar-refractivity contribution is 7.93. The van der Waals surface area contributed by atoms with Gasteiger partial charge in [0.25, 0.3) is 0 Å². The molecule has 0 radical (unpaired) electrons. The fourth-order valence-corrected chi connectivity index (χ4v) is 1.77. The molecule has 82 valence electrons. The first-order chi connectivity index (χ1) is 7.33. The van der Waals surface area contributed by atoms with Crippen molar-refractivity contribution in [3.8, 4) is 0 Å². The lowest BCUT2D eigenvalue weighted by atomic mass is 10.1. The molecule has 1 aromatic rings. The summed E-state index contributed by atoms with van der Waals surface area (Å²) in [6, 6.07) is 7.72. The molecule has 0 heterocycles. The highest BCUT2D eigenvalue weighted by Gasteiger charge is 2.07. The molecule has 0 aromatic heterocycles. The molecule has 4 heteroatoms. The third-order valence-electron chi connectivity index (χ3n) is 2.05. The van der Waals surface area contributed by atoms with Crippen molar-refractivity contribution in [1.82, 2.24) is 5.32 Å². The van der Waals surface area contributed by atoms with Gasteiger partial charge in [0.05, 0.1) is 5.75 Å². The third kappa shape index (κ3) is 3.23. The molecule has 1 rings (SSSR count). The number of nitrogens with one attached hydrogen (secondary N) is 1. The lowest BCUT2D eigenvalue weighted by Crippen LogP contribution is -2.25. The Hall–Kier alpha value is -1.03. The largest absolute Gasteiger partial charge is 0.370 e. The van der Waals surface area contributed by atoms with Crippen LogP contribution in [0.5, 0.6) is 0 Å². The summed E-state index contributed by atoms with van der Waals surface area (Å²) in [7, 11) is 1.73. The van der Waals surface area contributed by atoms with Crippen molar-refractivity contribution < 1.29 is 3.89 Å². The molecule has 1 N–H and O–H groups in total. The maximum atomic E-state index is 12.3. The fraction of sp³-hybridized carbons (Fsp3) is 0.364.